The predicted octanol–water partition coefficient (Wildman–Crippen LogP) is 5.13. The Hall–Kier alpha value is -2.60. The Balaban J connectivity index is 1.47. The van der Waals surface area contributed by atoms with Crippen molar-refractivity contribution in [2.24, 2.45) is 0 Å². The molecule has 2 amide bonds. The molecule has 0 radical (unpaired) electrons. The number of likely N-dealkylation sites (tertiary alicyclic amines) is 1. The van der Waals surface area contributed by atoms with Crippen molar-refractivity contribution in [1.29, 1.82) is 0 Å². The van der Waals surface area contributed by atoms with Crippen LogP contribution in [0.5, 0.6) is 5.75 Å². The fourth-order valence-electron chi connectivity index (χ4n) is 3.77. The zero-order valence-electron chi connectivity index (χ0n) is 16.1. The van der Waals surface area contributed by atoms with Crippen LogP contribution in [0.2, 0.25) is 0 Å². The summed E-state index contributed by atoms with van der Waals surface area (Å²) in [6, 6.07) is 16.2. The Morgan fingerprint density at radius 1 is 1.18 bits per heavy atom. The van der Waals surface area contributed by atoms with Crippen molar-refractivity contribution in [1.82, 2.24) is 15.2 Å². The van der Waals surface area contributed by atoms with Gasteiger partial charge in [0.1, 0.15) is 10.8 Å². The fraction of sp³-hybridized carbons (Fsp3) is 0.364. The van der Waals surface area contributed by atoms with E-state index in [9.17, 15) is 4.79 Å². The number of carbonyl (C=O) groups is 1. The molecule has 1 aliphatic rings. The molecule has 4 rings (SSSR count). The van der Waals surface area contributed by atoms with E-state index in [-0.39, 0.29) is 12.1 Å². The predicted molar refractivity (Wildman–Crippen MR) is 113 cm³/mol. The third-order valence-corrected chi connectivity index (χ3v) is 6.28. The number of hydrogen-bond acceptors (Lipinski definition) is 4. The molecule has 1 unspecified atom stereocenters. The molecular weight excluding hydrogens is 370 g/mol. The molecule has 2 heterocycles. The van der Waals surface area contributed by atoms with Gasteiger partial charge in [-0.15, -0.1) is 11.3 Å². The zero-order valence-corrected chi connectivity index (χ0v) is 16.9. The van der Waals surface area contributed by atoms with Crippen molar-refractivity contribution in [3.05, 3.63) is 59.1 Å². The smallest absolute Gasteiger partial charge is 0.318 e. The summed E-state index contributed by atoms with van der Waals surface area (Å²) in [5.74, 6) is 0.837. The van der Waals surface area contributed by atoms with Crippen LogP contribution in [0.15, 0.2) is 48.5 Å². The first kappa shape index (κ1) is 18.7. The molecule has 5 nitrogen and oxygen atoms in total. The maximum absolute atomic E-state index is 13.0. The van der Waals surface area contributed by atoms with E-state index in [1.165, 1.54) is 0 Å². The zero-order chi connectivity index (χ0) is 19.3. The lowest BCUT2D eigenvalue weighted by Crippen LogP contribution is -2.41. The molecule has 1 saturated heterocycles. The van der Waals surface area contributed by atoms with Crippen molar-refractivity contribution < 1.29 is 9.53 Å². The highest BCUT2D eigenvalue weighted by molar-refractivity contribution is 7.18. The lowest BCUT2D eigenvalue weighted by Gasteiger charge is -2.30. The summed E-state index contributed by atoms with van der Waals surface area (Å²) in [6.45, 7) is 1.24. The van der Waals surface area contributed by atoms with E-state index in [4.69, 9.17) is 4.74 Å². The summed E-state index contributed by atoms with van der Waals surface area (Å²) in [5, 5.41) is 4.03. The quantitative estimate of drug-likeness (QED) is 0.666. The molecule has 2 aromatic carbocycles. The van der Waals surface area contributed by atoms with E-state index in [0.29, 0.717) is 6.54 Å². The molecule has 1 aliphatic heterocycles. The number of urea groups is 1. The Labute approximate surface area is 169 Å². The highest BCUT2D eigenvalue weighted by atomic mass is 32.1. The number of nitrogens with zero attached hydrogens (tertiary/aromatic N) is 2. The number of carbonyl (C=O) groups excluding carboxylic acids is 1. The van der Waals surface area contributed by atoms with Crippen LogP contribution in [0, 0.1) is 0 Å². The summed E-state index contributed by atoms with van der Waals surface area (Å²) in [5.41, 5.74) is 2.15. The number of benzene rings is 2. The van der Waals surface area contributed by atoms with E-state index in [1.807, 2.05) is 35.2 Å². The number of hydrogen-bond donors (Lipinski definition) is 1. The topological polar surface area (TPSA) is 54.5 Å². The number of ether oxygens (including phenoxy) is 1. The number of rotatable bonds is 4. The molecule has 0 aliphatic carbocycles. The normalized spacial score (nSPS) is 17.3. The maximum Gasteiger partial charge on any atom is 0.318 e. The van der Waals surface area contributed by atoms with Crippen LogP contribution in [0.4, 0.5) is 4.79 Å². The summed E-state index contributed by atoms with van der Waals surface area (Å²) < 4.78 is 6.42. The number of aromatic nitrogens is 1. The third kappa shape index (κ3) is 4.12. The lowest BCUT2D eigenvalue weighted by molar-refractivity contribution is 0.175. The van der Waals surface area contributed by atoms with Gasteiger partial charge in [0, 0.05) is 6.54 Å². The number of fused-ring (bicyclic) bond motifs is 1. The Kier molecular flexibility index (Phi) is 5.76. The Bertz CT molecular complexity index is 905. The minimum Gasteiger partial charge on any atom is -0.497 e. The largest absolute Gasteiger partial charge is 0.497 e. The molecule has 1 aromatic heterocycles. The van der Waals surface area contributed by atoms with Crippen LogP contribution in [-0.4, -0.2) is 29.6 Å². The van der Waals surface area contributed by atoms with Gasteiger partial charge in [-0.05, 0) is 42.7 Å². The van der Waals surface area contributed by atoms with E-state index in [2.05, 4.69) is 28.5 Å². The molecule has 28 heavy (non-hydrogen) atoms. The maximum atomic E-state index is 13.0. The van der Waals surface area contributed by atoms with Gasteiger partial charge in [0.15, 0.2) is 0 Å². The van der Waals surface area contributed by atoms with Crippen LogP contribution >= 0.6 is 11.3 Å². The SMILES string of the molecule is COc1ccc(C2CCCCCN2C(=O)NCc2nc3ccccc3s2)cc1. The van der Waals surface area contributed by atoms with E-state index >= 15 is 0 Å². The number of nitrogens with one attached hydrogen (secondary N) is 1. The minimum atomic E-state index is -0.0121. The summed E-state index contributed by atoms with van der Waals surface area (Å²) in [6.07, 6.45) is 4.33. The van der Waals surface area contributed by atoms with Gasteiger partial charge in [0.05, 0.1) is 29.9 Å². The minimum absolute atomic E-state index is 0.0121. The molecule has 1 atom stereocenters. The van der Waals surface area contributed by atoms with Crippen LogP contribution in [0.1, 0.15) is 42.3 Å². The van der Waals surface area contributed by atoms with Gasteiger partial charge in [0.2, 0.25) is 0 Å². The van der Waals surface area contributed by atoms with Crippen molar-refractivity contribution in [3.8, 4) is 5.75 Å². The molecule has 1 N–H and O–H groups in total. The second kappa shape index (κ2) is 8.61. The molecule has 1 fully saturated rings. The second-order valence-corrected chi connectivity index (χ2v) is 8.18. The molecule has 6 heteroatoms. The first-order chi connectivity index (χ1) is 13.7. The highest BCUT2D eigenvalue weighted by Crippen LogP contribution is 2.31. The second-order valence-electron chi connectivity index (χ2n) is 7.07. The van der Waals surface area contributed by atoms with Crippen LogP contribution < -0.4 is 10.1 Å². The van der Waals surface area contributed by atoms with Gasteiger partial charge in [-0.2, -0.15) is 0 Å². The van der Waals surface area contributed by atoms with E-state index < -0.39 is 0 Å². The standard InChI is InChI=1S/C22H25N3O2S/c1-27-17-12-10-16(11-13-17)19-8-3-2-6-14-25(19)22(26)23-15-21-24-18-7-4-5-9-20(18)28-21/h4-5,7,9-13,19H,2-3,6,8,14-15H2,1H3,(H,23,26). The van der Waals surface area contributed by atoms with Gasteiger partial charge in [-0.1, -0.05) is 37.1 Å². The van der Waals surface area contributed by atoms with Gasteiger partial charge >= 0.3 is 6.03 Å². The van der Waals surface area contributed by atoms with Gasteiger partial charge < -0.3 is 15.0 Å². The van der Waals surface area contributed by atoms with Crippen LogP contribution in [0.25, 0.3) is 10.2 Å². The fourth-order valence-corrected chi connectivity index (χ4v) is 4.68. The number of amides is 2. The molecule has 0 bridgehead atoms. The number of methoxy groups -OCH3 is 1. The first-order valence-electron chi connectivity index (χ1n) is 9.77. The molecule has 3 aromatic rings. The first-order valence-corrected chi connectivity index (χ1v) is 10.6. The van der Waals surface area contributed by atoms with Crippen molar-refractivity contribution in [2.45, 2.75) is 38.3 Å². The van der Waals surface area contributed by atoms with Gasteiger partial charge in [-0.25, -0.2) is 9.78 Å². The molecule has 0 spiro atoms. The van der Waals surface area contributed by atoms with Crippen LogP contribution in [-0.2, 0) is 6.54 Å². The van der Waals surface area contributed by atoms with E-state index in [1.54, 1.807) is 18.4 Å². The van der Waals surface area contributed by atoms with E-state index in [0.717, 1.165) is 58.8 Å². The number of thiazole rings is 1. The summed E-state index contributed by atoms with van der Waals surface area (Å²) in [4.78, 5) is 19.6. The molecule has 0 saturated carbocycles. The Morgan fingerprint density at radius 2 is 2.00 bits per heavy atom. The average molecular weight is 396 g/mol. The lowest BCUT2D eigenvalue weighted by atomic mass is 10.0. The molecular formula is C22H25N3O2S. The average Bonchev–Trinajstić information content (AvgIpc) is 2.99. The highest BCUT2D eigenvalue weighted by Gasteiger charge is 2.26. The van der Waals surface area contributed by atoms with Crippen molar-refractivity contribution in [2.75, 3.05) is 13.7 Å². The van der Waals surface area contributed by atoms with Crippen molar-refractivity contribution in [3.63, 3.8) is 0 Å². The van der Waals surface area contributed by atoms with Gasteiger partial charge in [0.25, 0.3) is 0 Å². The van der Waals surface area contributed by atoms with Crippen molar-refractivity contribution >= 4 is 27.6 Å². The molecule has 146 valence electrons. The third-order valence-electron chi connectivity index (χ3n) is 5.24. The van der Waals surface area contributed by atoms with Crippen LogP contribution in [0.3, 0.4) is 0 Å². The Morgan fingerprint density at radius 3 is 2.79 bits per heavy atom. The summed E-state index contributed by atoms with van der Waals surface area (Å²) >= 11 is 1.63. The van der Waals surface area contributed by atoms with Gasteiger partial charge in [-0.3, -0.25) is 0 Å². The number of para-hydroxylation sites is 1. The monoisotopic (exact) mass is 395 g/mol. The summed E-state index contributed by atoms with van der Waals surface area (Å²) in [7, 11) is 1.67.